The highest BCUT2D eigenvalue weighted by Crippen LogP contribution is 2.27. The number of fused-ring (bicyclic) bond motifs is 4. The minimum atomic E-state index is -0.0399. The summed E-state index contributed by atoms with van der Waals surface area (Å²) >= 11 is 0. The van der Waals surface area contributed by atoms with E-state index in [0.29, 0.717) is 41.2 Å². The molecule has 1 aromatic carbocycles. The molecule has 0 unspecified atom stereocenters. The number of nitrogens with zero attached hydrogens (tertiary/aromatic N) is 5. The lowest BCUT2D eigenvalue weighted by Gasteiger charge is -2.14. The summed E-state index contributed by atoms with van der Waals surface area (Å²) in [6, 6.07) is 7.77. The Balaban J connectivity index is 1.86. The first-order chi connectivity index (χ1) is 14.0. The van der Waals surface area contributed by atoms with E-state index in [0.717, 1.165) is 36.3 Å². The monoisotopic (exact) mass is 391 g/mol. The second-order valence-corrected chi connectivity index (χ2v) is 8.30. The Bertz CT molecular complexity index is 1280. The van der Waals surface area contributed by atoms with Gasteiger partial charge in [-0.3, -0.25) is 9.36 Å². The fourth-order valence-corrected chi connectivity index (χ4v) is 4.24. The third kappa shape index (κ3) is 3.00. The van der Waals surface area contributed by atoms with Crippen LogP contribution in [-0.2, 0) is 17.8 Å². The third-order valence-electron chi connectivity index (χ3n) is 5.60. The molecule has 1 aliphatic heterocycles. The van der Waals surface area contributed by atoms with Crippen molar-refractivity contribution in [1.29, 1.82) is 0 Å². The molecule has 5 rings (SSSR count). The Morgan fingerprint density at radius 3 is 2.55 bits per heavy atom. The summed E-state index contributed by atoms with van der Waals surface area (Å²) in [5.74, 6) is 1.06. The van der Waals surface area contributed by atoms with Crippen molar-refractivity contribution in [1.82, 2.24) is 24.1 Å². The molecule has 0 spiro atoms. The predicted octanol–water partition coefficient (Wildman–Crippen LogP) is 3.44. The molecule has 0 N–H and O–H groups in total. The van der Waals surface area contributed by atoms with Gasteiger partial charge in [0, 0.05) is 13.2 Å². The van der Waals surface area contributed by atoms with Crippen LogP contribution in [0, 0.1) is 12.8 Å². The quantitative estimate of drug-likeness (QED) is 0.533. The van der Waals surface area contributed by atoms with E-state index in [1.807, 2.05) is 35.8 Å². The molecule has 7 heteroatoms. The zero-order chi connectivity index (χ0) is 20.1. The molecule has 1 fully saturated rings. The highest BCUT2D eigenvalue weighted by molar-refractivity contribution is 6.04. The second kappa shape index (κ2) is 6.91. The van der Waals surface area contributed by atoms with Gasteiger partial charge in [-0.2, -0.15) is 0 Å². The second-order valence-electron chi connectivity index (χ2n) is 8.30. The largest absolute Gasteiger partial charge is 0.376 e. The number of aromatic nitrogens is 5. The lowest BCUT2D eigenvalue weighted by atomic mass is 10.2. The van der Waals surface area contributed by atoms with E-state index in [4.69, 9.17) is 19.7 Å². The zero-order valence-corrected chi connectivity index (χ0v) is 17.1. The Kier molecular flexibility index (Phi) is 4.35. The highest BCUT2D eigenvalue weighted by Gasteiger charge is 2.24. The summed E-state index contributed by atoms with van der Waals surface area (Å²) in [5.41, 5.74) is 3.56. The van der Waals surface area contributed by atoms with E-state index in [1.165, 1.54) is 0 Å². The van der Waals surface area contributed by atoms with Crippen LogP contribution >= 0.6 is 0 Å². The molecular weight excluding hydrogens is 366 g/mol. The van der Waals surface area contributed by atoms with Gasteiger partial charge in [0.2, 0.25) is 0 Å². The average Bonchev–Trinajstić information content (AvgIpc) is 3.30. The number of hydrogen-bond donors (Lipinski definition) is 0. The first kappa shape index (κ1) is 18.2. The summed E-state index contributed by atoms with van der Waals surface area (Å²) in [6.07, 6.45) is 2.18. The number of aryl methyl sites for hydroxylation is 1. The van der Waals surface area contributed by atoms with E-state index < -0.39 is 0 Å². The van der Waals surface area contributed by atoms with E-state index in [9.17, 15) is 4.79 Å². The smallest absolute Gasteiger partial charge is 0.265 e. The highest BCUT2D eigenvalue weighted by atomic mass is 16.5. The molecule has 0 saturated carbocycles. The molecule has 3 aromatic heterocycles. The van der Waals surface area contributed by atoms with Crippen molar-refractivity contribution in [3.8, 4) is 0 Å². The Hall–Kier alpha value is -2.80. The van der Waals surface area contributed by atoms with Crippen molar-refractivity contribution in [3.05, 3.63) is 40.4 Å². The third-order valence-corrected chi connectivity index (χ3v) is 5.60. The number of rotatable bonds is 4. The van der Waals surface area contributed by atoms with Crippen LogP contribution in [-0.4, -0.2) is 36.8 Å². The average molecular weight is 391 g/mol. The molecule has 0 bridgehead atoms. The maximum Gasteiger partial charge on any atom is 0.265 e. The van der Waals surface area contributed by atoms with E-state index >= 15 is 0 Å². The van der Waals surface area contributed by atoms with Crippen molar-refractivity contribution in [3.63, 3.8) is 0 Å². The van der Waals surface area contributed by atoms with Gasteiger partial charge in [0.1, 0.15) is 16.7 Å². The van der Waals surface area contributed by atoms with Gasteiger partial charge in [0.25, 0.3) is 5.56 Å². The maximum absolute atomic E-state index is 13.5. The lowest BCUT2D eigenvalue weighted by Crippen LogP contribution is -2.26. The van der Waals surface area contributed by atoms with Gasteiger partial charge in [0.15, 0.2) is 11.3 Å². The maximum atomic E-state index is 13.5. The molecule has 0 amide bonds. The van der Waals surface area contributed by atoms with Crippen LogP contribution in [0.2, 0.25) is 0 Å². The van der Waals surface area contributed by atoms with Gasteiger partial charge in [-0.05, 0) is 37.8 Å². The van der Waals surface area contributed by atoms with Gasteiger partial charge in [-0.1, -0.05) is 26.0 Å². The van der Waals surface area contributed by atoms with Crippen molar-refractivity contribution in [2.75, 3.05) is 6.61 Å². The van der Waals surface area contributed by atoms with Crippen LogP contribution < -0.4 is 5.56 Å². The van der Waals surface area contributed by atoms with Gasteiger partial charge in [-0.15, -0.1) is 0 Å². The summed E-state index contributed by atoms with van der Waals surface area (Å²) < 4.78 is 9.67. The molecule has 0 radical (unpaired) electrons. The van der Waals surface area contributed by atoms with Crippen LogP contribution in [0.4, 0.5) is 0 Å². The molecule has 150 valence electrons. The molecule has 7 nitrogen and oxygen atoms in total. The number of para-hydroxylation sites is 2. The molecule has 1 saturated heterocycles. The predicted molar refractivity (Wildman–Crippen MR) is 113 cm³/mol. The van der Waals surface area contributed by atoms with Gasteiger partial charge in [0.05, 0.1) is 23.7 Å². The van der Waals surface area contributed by atoms with E-state index in [2.05, 4.69) is 13.8 Å². The van der Waals surface area contributed by atoms with Crippen molar-refractivity contribution in [2.24, 2.45) is 5.92 Å². The lowest BCUT2D eigenvalue weighted by molar-refractivity contribution is 0.0986. The Morgan fingerprint density at radius 2 is 1.86 bits per heavy atom. The first-order valence-corrected chi connectivity index (χ1v) is 10.3. The molecule has 4 heterocycles. The Labute approximate surface area is 168 Å². The van der Waals surface area contributed by atoms with E-state index in [-0.39, 0.29) is 11.7 Å². The van der Waals surface area contributed by atoms with Gasteiger partial charge in [-0.25, -0.2) is 15.0 Å². The van der Waals surface area contributed by atoms with Crippen LogP contribution in [0.5, 0.6) is 0 Å². The van der Waals surface area contributed by atoms with Crippen LogP contribution in [0.1, 0.15) is 32.5 Å². The zero-order valence-electron chi connectivity index (χ0n) is 17.1. The van der Waals surface area contributed by atoms with Crippen molar-refractivity contribution >= 4 is 33.2 Å². The first-order valence-electron chi connectivity index (χ1n) is 10.3. The summed E-state index contributed by atoms with van der Waals surface area (Å²) in [5, 5.41) is 0.558. The molecule has 29 heavy (non-hydrogen) atoms. The van der Waals surface area contributed by atoms with Crippen LogP contribution in [0.25, 0.3) is 33.2 Å². The molecule has 1 aliphatic rings. The molecule has 1 atom stereocenters. The van der Waals surface area contributed by atoms with Gasteiger partial charge >= 0.3 is 0 Å². The molecule has 4 aromatic rings. The SMILES string of the molecule is Cc1nc2c(c(=O)n1CC(C)C)c1nc3ccccc3nc1n2C[C@@H]1CCCO1. The van der Waals surface area contributed by atoms with E-state index in [1.54, 1.807) is 4.57 Å². The van der Waals surface area contributed by atoms with Crippen molar-refractivity contribution < 1.29 is 4.74 Å². The molecular formula is C22H25N5O2. The van der Waals surface area contributed by atoms with Crippen molar-refractivity contribution in [2.45, 2.75) is 52.8 Å². The molecule has 0 aliphatic carbocycles. The minimum absolute atomic E-state index is 0.0399. The van der Waals surface area contributed by atoms with Crippen LogP contribution in [0.15, 0.2) is 29.1 Å². The fourth-order valence-electron chi connectivity index (χ4n) is 4.24. The minimum Gasteiger partial charge on any atom is -0.376 e. The van der Waals surface area contributed by atoms with Crippen LogP contribution in [0.3, 0.4) is 0 Å². The summed E-state index contributed by atoms with van der Waals surface area (Å²) in [4.78, 5) is 28.1. The summed E-state index contributed by atoms with van der Waals surface area (Å²) in [7, 11) is 0. The number of hydrogen-bond acceptors (Lipinski definition) is 5. The topological polar surface area (TPSA) is 74.8 Å². The van der Waals surface area contributed by atoms with Gasteiger partial charge < -0.3 is 9.30 Å². The standard InChI is InChI=1S/C22H25N5O2/c1-13(2)11-26-14(3)23-20-18(22(26)28)19-21(27(20)12-15-7-6-10-29-15)25-17-9-5-4-8-16(17)24-19/h4-5,8-9,13,15H,6-7,10-12H2,1-3H3/t15-/m0/s1. The number of benzene rings is 1. The Morgan fingerprint density at radius 1 is 1.10 bits per heavy atom. The fraction of sp³-hybridized carbons (Fsp3) is 0.455. The number of ether oxygens (including phenoxy) is 1. The summed E-state index contributed by atoms with van der Waals surface area (Å²) in [6.45, 7) is 8.15. The normalized spacial score (nSPS) is 17.3.